The second-order valence-corrected chi connectivity index (χ2v) is 9.55. The first-order valence-electron chi connectivity index (χ1n) is 11.9. The molecule has 1 aliphatic heterocycles. The topological polar surface area (TPSA) is 122 Å². The lowest BCUT2D eigenvalue weighted by molar-refractivity contribution is -0.120. The number of carbonyl (C=O) groups is 4. The van der Waals surface area contributed by atoms with Gasteiger partial charge in [-0.2, -0.15) is 0 Å². The highest BCUT2D eigenvalue weighted by Crippen LogP contribution is 2.47. The molecule has 1 aliphatic carbocycles. The van der Waals surface area contributed by atoms with Crippen LogP contribution in [0, 0.1) is 0 Å². The van der Waals surface area contributed by atoms with E-state index in [1.54, 1.807) is 24.5 Å². The molecule has 4 aromatic rings. The van der Waals surface area contributed by atoms with Crippen LogP contribution < -0.4 is 16.0 Å². The second kappa shape index (κ2) is 8.41. The van der Waals surface area contributed by atoms with Gasteiger partial charge in [0.15, 0.2) is 0 Å². The van der Waals surface area contributed by atoms with Crippen LogP contribution in [-0.2, 0) is 43.9 Å². The van der Waals surface area contributed by atoms with Gasteiger partial charge in [0, 0.05) is 36.0 Å². The molecule has 9 nitrogen and oxygen atoms in total. The van der Waals surface area contributed by atoms with E-state index >= 15 is 0 Å². The number of para-hydroxylation sites is 1. The number of anilines is 3. The summed E-state index contributed by atoms with van der Waals surface area (Å²) < 4.78 is 1.37. The van der Waals surface area contributed by atoms with Crippen molar-refractivity contribution in [2.45, 2.75) is 31.6 Å². The van der Waals surface area contributed by atoms with Gasteiger partial charge in [-0.05, 0) is 53.8 Å². The minimum absolute atomic E-state index is 0.0450. The van der Waals surface area contributed by atoms with Gasteiger partial charge in [-0.25, -0.2) is 4.98 Å². The Morgan fingerprint density at radius 1 is 1.11 bits per heavy atom. The summed E-state index contributed by atoms with van der Waals surface area (Å²) in [4.78, 5) is 53.5. The van der Waals surface area contributed by atoms with E-state index in [9.17, 15) is 19.2 Å². The Hall–Kier alpha value is -4.79. The molecule has 6 rings (SSSR count). The highest BCUT2D eigenvalue weighted by atomic mass is 16.2. The predicted octanol–water partition coefficient (Wildman–Crippen LogP) is 3.20. The number of amides is 3. The predicted molar refractivity (Wildman–Crippen MR) is 139 cm³/mol. The van der Waals surface area contributed by atoms with Gasteiger partial charge < -0.3 is 16.0 Å². The van der Waals surface area contributed by atoms with Gasteiger partial charge in [0.2, 0.25) is 24.1 Å². The van der Waals surface area contributed by atoms with Crippen LogP contribution in [0.1, 0.15) is 29.2 Å². The van der Waals surface area contributed by atoms with Crippen LogP contribution in [0.3, 0.4) is 0 Å². The molecule has 0 bridgehead atoms. The van der Waals surface area contributed by atoms with Crippen LogP contribution in [0.25, 0.3) is 10.9 Å². The quantitative estimate of drug-likeness (QED) is 0.369. The smallest absolute Gasteiger partial charge is 0.237 e. The SMILES string of the molecule is CC(=O)Nc1cccc2c(CC(=O)Nc3ccc4c(c3)CC3(C4)C(=O)Nc4ncccc43)cn(C=O)c12. The Morgan fingerprint density at radius 3 is 2.76 bits per heavy atom. The zero-order chi connectivity index (χ0) is 25.7. The fourth-order valence-corrected chi connectivity index (χ4v) is 5.62. The van der Waals surface area contributed by atoms with Gasteiger partial charge in [0.25, 0.3) is 0 Å². The number of nitrogens with zero attached hydrogens (tertiary/aromatic N) is 2. The zero-order valence-electron chi connectivity index (χ0n) is 20.0. The van der Waals surface area contributed by atoms with E-state index in [2.05, 4.69) is 20.9 Å². The van der Waals surface area contributed by atoms with Gasteiger partial charge in [-0.1, -0.05) is 24.3 Å². The molecular weight excluding hydrogens is 470 g/mol. The summed E-state index contributed by atoms with van der Waals surface area (Å²) in [5.74, 6) is 0.0764. The molecule has 3 amide bonds. The maximum absolute atomic E-state index is 13.0. The van der Waals surface area contributed by atoms with Crippen molar-refractivity contribution in [3.63, 3.8) is 0 Å². The Bertz CT molecular complexity index is 1640. The number of benzene rings is 2. The van der Waals surface area contributed by atoms with Gasteiger partial charge in [0.05, 0.1) is 23.0 Å². The highest BCUT2D eigenvalue weighted by molar-refractivity contribution is 6.07. The number of fused-ring (bicyclic) bond motifs is 4. The van der Waals surface area contributed by atoms with Crippen molar-refractivity contribution >= 4 is 52.2 Å². The minimum atomic E-state index is -0.670. The lowest BCUT2D eigenvalue weighted by atomic mass is 9.79. The lowest BCUT2D eigenvalue weighted by Gasteiger charge is -2.20. The third kappa shape index (κ3) is 3.67. The van der Waals surface area contributed by atoms with Crippen molar-refractivity contribution in [2.24, 2.45) is 0 Å². The average molecular weight is 494 g/mol. The molecule has 0 saturated heterocycles. The number of hydrogen-bond acceptors (Lipinski definition) is 5. The van der Waals surface area contributed by atoms with E-state index in [0.717, 1.165) is 16.7 Å². The summed E-state index contributed by atoms with van der Waals surface area (Å²) in [7, 11) is 0. The van der Waals surface area contributed by atoms with Gasteiger partial charge in [-0.3, -0.25) is 23.7 Å². The third-order valence-corrected chi connectivity index (χ3v) is 7.17. The minimum Gasteiger partial charge on any atom is -0.326 e. The molecule has 9 heteroatoms. The number of carbonyl (C=O) groups excluding carboxylic acids is 4. The number of pyridine rings is 1. The summed E-state index contributed by atoms with van der Waals surface area (Å²) in [5, 5.41) is 9.30. The van der Waals surface area contributed by atoms with Crippen molar-refractivity contribution in [1.29, 1.82) is 0 Å². The Morgan fingerprint density at radius 2 is 1.95 bits per heavy atom. The van der Waals surface area contributed by atoms with Crippen LogP contribution in [0.4, 0.5) is 17.2 Å². The van der Waals surface area contributed by atoms with Crippen molar-refractivity contribution in [2.75, 3.05) is 16.0 Å². The van der Waals surface area contributed by atoms with Crippen LogP contribution in [0.5, 0.6) is 0 Å². The molecule has 3 N–H and O–H groups in total. The molecule has 1 atom stereocenters. The maximum Gasteiger partial charge on any atom is 0.237 e. The normalized spacial score (nSPS) is 17.4. The van der Waals surface area contributed by atoms with E-state index in [-0.39, 0.29) is 24.1 Å². The molecule has 2 aromatic heterocycles. The fraction of sp³-hybridized carbons (Fsp3) is 0.179. The molecule has 37 heavy (non-hydrogen) atoms. The Labute approximate surface area is 211 Å². The summed E-state index contributed by atoms with van der Waals surface area (Å²) in [6.45, 7) is 1.40. The average Bonchev–Trinajstić information content (AvgIpc) is 3.51. The molecule has 3 heterocycles. The van der Waals surface area contributed by atoms with Crippen LogP contribution in [0.15, 0.2) is 60.9 Å². The third-order valence-electron chi connectivity index (χ3n) is 7.17. The van der Waals surface area contributed by atoms with Crippen molar-refractivity contribution < 1.29 is 19.2 Å². The van der Waals surface area contributed by atoms with Crippen molar-refractivity contribution in [1.82, 2.24) is 9.55 Å². The van der Waals surface area contributed by atoms with E-state index in [0.29, 0.717) is 52.9 Å². The van der Waals surface area contributed by atoms with E-state index in [4.69, 9.17) is 0 Å². The second-order valence-electron chi connectivity index (χ2n) is 9.55. The first-order chi connectivity index (χ1) is 17.9. The standard InChI is InChI=1S/C28H23N5O4/c1-16(35)30-23-6-2-4-21-19(14-33(15-34)25(21)23)11-24(36)31-20-8-7-17-12-28(13-18(17)10-20)22-5-3-9-29-26(22)32-27(28)37/h2-10,14-15H,11-13H2,1H3,(H,30,35)(H,31,36)(H,29,32,37). The molecule has 1 unspecified atom stereocenters. The number of aromatic nitrogens is 2. The largest absolute Gasteiger partial charge is 0.326 e. The molecular formula is C28H23N5O4. The monoisotopic (exact) mass is 493 g/mol. The molecule has 0 saturated carbocycles. The van der Waals surface area contributed by atoms with E-state index < -0.39 is 5.41 Å². The van der Waals surface area contributed by atoms with Crippen LogP contribution in [-0.4, -0.2) is 33.7 Å². The number of hydrogen-bond donors (Lipinski definition) is 3. The van der Waals surface area contributed by atoms with Gasteiger partial charge in [-0.15, -0.1) is 0 Å². The molecule has 1 spiro atoms. The van der Waals surface area contributed by atoms with E-state index in [1.807, 2.05) is 36.4 Å². The molecule has 2 aromatic carbocycles. The summed E-state index contributed by atoms with van der Waals surface area (Å²) in [5.41, 5.74) is 4.68. The fourth-order valence-electron chi connectivity index (χ4n) is 5.62. The lowest BCUT2D eigenvalue weighted by Crippen LogP contribution is -2.35. The Kier molecular flexibility index (Phi) is 5.15. The summed E-state index contributed by atoms with van der Waals surface area (Å²) in [6, 6.07) is 14.8. The van der Waals surface area contributed by atoms with Gasteiger partial charge >= 0.3 is 0 Å². The highest BCUT2D eigenvalue weighted by Gasteiger charge is 2.51. The van der Waals surface area contributed by atoms with Crippen LogP contribution in [0.2, 0.25) is 0 Å². The van der Waals surface area contributed by atoms with Crippen molar-refractivity contribution in [3.8, 4) is 0 Å². The summed E-state index contributed by atoms with van der Waals surface area (Å²) in [6.07, 6.45) is 5.10. The zero-order valence-corrected chi connectivity index (χ0v) is 20.0. The number of nitrogens with one attached hydrogen (secondary N) is 3. The first-order valence-corrected chi connectivity index (χ1v) is 11.9. The first kappa shape index (κ1) is 22.7. The van der Waals surface area contributed by atoms with Gasteiger partial charge in [0.1, 0.15) is 5.82 Å². The molecule has 0 radical (unpaired) electrons. The molecule has 2 aliphatic rings. The van der Waals surface area contributed by atoms with Crippen LogP contribution >= 0.6 is 0 Å². The number of rotatable bonds is 5. The maximum atomic E-state index is 13.0. The van der Waals surface area contributed by atoms with Crippen molar-refractivity contribution in [3.05, 3.63) is 83.2 Å². The Balaban J connectivity index is 1.23. The van der Waals surface area contributed by atoms with E-state index in [1.165, 1.54) is 11.5 Å². The molecule has 184 valence electrons. The summed E-state index contributed by atoms with van der Waals surface area (Å²) >= 11 is 0. The molecule has 0 fully saturated rings.